The fraction of sp³-hybridized carbons (Fsp3) is 0.545. The monoisotopic (exact) mass is 253 g/mol. The highest BCUT2D eigenvalue weighted by molar-refractivity contribution is 7.13. The molecule has 0 fully saturated rings. The predicted octanol–water partition coefficient (Wildman–Crippen LogP) is 2.28. The molecule has 0 aliphatic carbocycles. The lowest BCUT2D eigenvalue weighted by Gasteiger charge is -2.04. The molecule has 0 radical (unpaired) electrons. The quantitative estimate of drug-likeness (QED) is 0.787. The Bertz CT molecular complexity index is 409. The van der Waals surface area contributed by atoms with Crippen molar-refractivity contribution < 1.29 is 9.53 Å². The highest BCUT2D eigenvalue weighted by Gasteiger charge is 2.11. The number of nitrogens with one attached hydrogen (secondary N) is 1. The van der Waals surface area contributed by atoms with Crippen LogP contribution in [0, 0.1) is 17.2 Å². The van der Waals surface area contributed by atoms with Crippen molar-refractivity contribution in [3.63, 3.8) is 0 Å². The molecule has 0 unspecified atom stereocenters. The van der Waals surface area contributed by atoms with Crippen LogP contribution in [0.3, 0.4) is 0 Å². The van der Waals surface area contributed by atoms with Gasteiger partial charge in [-0.2, -0.15) is 5.26 Å². The van der Waals surface area contributed by atoms with Crippen molar-refractivity contribution in [2.24, 2.45) is 5.92 Å². The van der Waals surface area contributed by atoms with E-state index in [4.69, 9.17) is 5.26 Å². The normalized spacial score (nSPS) is 10.0. The topological polar surface area (TPSA) is 75.0 Å². The van der Waals surface area contributed by atoms with Gasteiger partial charge in [0, 0.05) is 11.9 Å². The maximum Gasteiger partial charge on any atom is 0.358 e. The minimum absolute atomic E-state index is 0.244. The molecule has 5 nitrogen and oxygen atoms in total. The second-order valence-electron chi connectivity index (χ2n) is 3.88. The number of hydrogen-bond acceptors (Lipinski definition) is 6. The molecule has 17 heavy (non-hydrogen) atoms. The lowest BCUT2D eigenvalue weighted by atomic mass is 10.1. The van der Waals surface area contributed by atoms with Crippen LogP contribution in [0.5, 0.6) is 0 Å². The summed E-state index contributed by atoms with van der Waals surface area (Å²) in [5.41, 5.74) is 0.247. The van der Waals surface area contributed by atoms with Gasteiger partial charge in [-0.3, -0.25) is 0 Å². The summed E-state index contributed by atoms with van der Waals surface area (Å²) in [7, 11) is 0. The Morgan fingerprint density at radius 3 is 3.12 bits per heavy atom. The predicted molar refractivity (Wildman–Crippen MR) is 66.0 cm³/mol. The first-order chi connectivity index (χ1) is 8.13. The zero-order chi connectivity index (χ0) is 12.7. The summed E-state index contributed by atoms with van der Waals surface area (Å²) in [6.45, 7) is 4.88. The number of carbonyl (C=O) groups excluding carboxylic acids is 1. The molecule has 6 heteroatoms. The fourth-order valence-corrected chi connectivity index (χ4v) is 1.80. The lowest BCUT2D eigenvalue weighted by molar-refractivity contribution is 0.0549. The summed E-state index contributed by atoms with van der Waals surface area (Å²) in [6.07, 6.45) is 1.05. The minimum Gasteiger partial charge on any atom is -0.446 e. The molecule has 0 saturated heterocycles. The smallest absolute Gasteiger partial charge is 0.358 e. The first kappa shape index (κ1) is 13.5. The van der Waals surface area contributed by atoms with Gasteiger partial charge in [0.2, 0.25) is 0 Å². The van der Waals surface area contributed by atoms with E-state index in [-0.39, 0.29) is 12.3 Å². The zero-order valence-corrected chi connectivity index (χ0v) is 10.7. The first-order valence-corrected chi connectivity index (χ1v) is 6.25. The zero-order valence-electron chi connectivity index (χ0n) is 9.90. The molecule has 0 bridgehead atoms. The molecule has 0 aliphatic rings. The van der Waals surface area contributed by atoms with E-state index in [2.05, 4.69) is 28.9 Å². The standard InChI is InChI=1S/C11H15N3O2S/c1-8(2)3-5-13-11-14-9(7-17-11)10(15)16-6-4-12/h7-8H,3,5-6H2,1-2H3,(H,13,14). The largest absolute Gasteiger partial charge is 0.446 e. The lowest BCUT2D eigenvalue weighted by Crippen LogP contribution is -2.07. The third-order valence-electron chi connectivity index (χ3n) is 1.98. The summed E-state index contributed by atoms with van der Waals surface area (Å²) in [6, 6.07) is 1.74. The summed E-state index contributed by atoms with van der Waals surface area (Å²) in [5, 5.41) is 13.7. The van der Waals surface area contributed by atoms with Crippen LogP contribution in [0.25, 0.3) is 0 Å². The summed E-state index contributed by atoms with van der Waals surface area (Å²) in [5.74, 6) is 0.0715. The van der Waals surface area contributed by atoms with Gasteiger partial charge in [0.1, 0.15) is 6.07 Å². The van der Waals surface area contributed by atoms with E-state index in [1.807, 2.05) is 0 Å². The van der Waals surface area contributed by atoms with Gasteiger partial charge in [0.25, 0.3) is 0 Å². The van der Waals surface area contributed by atoms with Crippen LogP contribution in [0.2, 0.25) is 0 Å². The highest BCUT2D eigenvalue weighted by atomic mass is 32.1. The van der Waals surface area contributed by atoms with Gasteiger partial charge in [0.05, 0.1) is 0 Å². The third-order valence-corrected chi connectivity index (χ3v) is 2.78. The maximum absolute atomic E-state index is 11.3. The van der Waals surface area contributed by atoms with Crippen LogP contribution in [0.1, 0.15) is 30.8 Å². The summed E-state index contributed by atoms with van der Waals surface area (Å²) in [4.78, 5) is 15.4. The van der Waals surface area contributed by atoms with Gasteiger partial charge in [-0.05, 0) is 12.3 Å². The number of anilines is 1. The SMILES string of the molecule is CC(C)CCNc1nc(C(=O)OCC#N)cs1. The second kappa shape index (κ2) is 6.86. The summed E-state index contributed by atoms with van der Waals surface area (Å²) >= 11 is 1.36. The van der Waals surface area contributed by atoms with Gasteiger partial charge in [0.15, 0.2) is 17.4 Å². The van der Waals surface area contributed by atoms with E-state index in [1.54, 1.807) is 11.4 Å². The average molecular weight is 253 g/mol. The number of nitrogens with zero attached hydrogens (tertiary/aromatic N) is 2. The minimum atomic E-state index is -0.556. The molecule has 0 aromatic carbocycles. The van der Waals surface area contributed by atoms with Gasteiger partial charge in [-0.15, -0.1) is 11.3 Å². The van der Waals surface area contributed by atoms with Crippen molar-refractivity contribution in [1.82, 2.24) is 4.98 Å². The van der Waals surface area contributed by atoms with Gasteiger partial charge in [-0.1, -0.05) is 13.8 Å². The van der Waals surface area contributed by atoms with Crippen LogP contribution in [0.4, 0.5) is 5.13 Å². The van der Waals surface area contributed by atoms with E-state index in [9.17, 15) is 4.79 Å². The number of rotatable bonds is 6. The van der Waals surface area contributed by atoms with Crippen LogP contribution >= 0.6 is 11.3 Å². The van der Waals surface area contributed by atoms with Crippen LogP contribution in [-0.4, -0.2) is 24.1 Å². The number of thiazole rings is 1. The van der Waals surface area contributed by atoms with Crippen LogP contribution in [-0.2, 0) is 4.74 Å². The molecule has 1 heterocycles. The molecule has 1 aromatic heterocycles. The Hall–Kier alpha value is -1.61. The second-order valence-corrected chi connectivity index (χ2v) is 4.74. The van der Waals surface area contributed by atoms with Crippen LogP contribution < -0.4 is 5.32 Å². The molecular weight excluding hydrogens is 238 g/mol. The maximum atomic E-state index is 11.3. The Labute approximate surface area is 104 Å². The van der Waals surface area contributed by atoms with E-state index in [0.717, 1.165) is 13.0 Å². The van der Waals surface area contributed by atoms with Crippen molar-refractivity contribution in [3.8, 4) is 6.07 Å². The van der Waals surface area contributed by atoms with Crippen molar-refractivity contribution in [2.45, 2.75) is 20.3 Å². The Morgan fingerprint density at radius 1 is 1.71 bits per heavy atom. The number of hydrogen-bond donors (Lipinski definition) is 1. The van der Waals surface area contributed by atoms with E-state index in [0.29, 0.717) is 11.0 Å². The molecule has 0 atom stereocenters. The number of carbonyl (C=O) groups is 1. The molecule has 0 amide bonds. The molecule has 1 aromatic rings. The number of aromatic nitrogens is 1. The number of nitriles is 1. The molecule has 92 valence electrons. The molecule has 0 spiro atoms. The van der Waals surface area contributed by atoms with Gasteiger partial charge < -0.3 is 10.1 Å². The van der Waals surface area contributed by atoms with Gasteiger partial charge in [-0.25, -0.2) is 9.78 Å². The van der Waals surface area contributed by atoms with Gasteiger partial charge >= 0.3 is 5.97 Å². The highest BCUT2D eigenvalue weighted by Crippen LogP contribution is 2.16. The number of ether oxygens (including phenoxy) is 1. The molecule has 0 aliphatic heterocycles. The molecule has 1 rings (SSSR count). The van der Waals surface area contributed by atoms with E-state index in [1.165, 1.54) is 11.3 Å². The molecular formula is C11H15N3O2S. The fourth-order valence-electron chi connectivity index (χ4n) is 1.09. The Morgan fingerprint density at radius 2 is 2.47 bits per heavy atom. The van der Waals surface area contributed by atoms with Crippen LogP contribution in [0.15, 0.2) is 5.38 Å². The van der Waals surface area contributed by atoms with Crippen molar-refractivity contribution in [2.75, 3.05) is 18.5 Å². The van der Waals surface area contributed by atoms with Crippen molar-refractivity contribution in [1.29, 1.82) is 5.26 Å². The third kappa shape index (κ3) is 4.83. The average Bonchev–Trinajstić information content (AvgIpc) is 2.74. The van der Waals surface area contributed by atoms with Crippen molar-refractivity contribution >= 4 is 22.4 Å². The number of esters is 1. The Kier molecular flexibility index (Phi) is 5.43. The van der Waals surface area contributed by atoms with Crippen molar-refractivity contribution in [3.05, 3.63) is 11.1 Å². The van der Waals surface area contributed by atoms with E-state index < -0.39 is 5.97 Å². The van der Waals surface area contributed by atoms with E-state index >= 15 is 0 Å². The first-order valence-electron chi connectivity index (χ1n) is 5.37. The molecule has 1 N–H and O–H groups in total. The molecule has 0 saturated carbocycles. The summed E-state index contributed by atoms with van der Waals surface area (Å²) < 4.78 is 4.65. The Balaban J connectivity index is 2.42.